The molecule has 4 aliphatic rings. The Hall–Kier alpha value is -1.45. The maximum absolute atomic E-state index is 14.5. The van der Waals surface area contributed by atoms with Crippen molar-refractivity contribution in [3.63, 3.8) is 0 Å². The van der Waals surface area contributed by atoms with Crippen LogP contribution in [0.4, 0.5) is 0 Å². The lowest BCUT2D eigenvalue weighted by atomic mass is 9.52. The normalized spacial score (nSPS) is 43.2. The van der Waals surface area contributed by atoms with E-state index in [0.717, 1.165) is 51.4 Å². The van der Waals surface area contributed by atoms with Crippen LogP contribution in [0.5, 0.6) is 0 Å². The average Bonchev–Trinajstić information content (AvgIpc) is 2.75. The highest BCUT2D eigenvalue weighted by Crippen LogP contribution is 2.54. The van der Waals surface area contributed by atoms with Gasteiger partial charge in [0, 0.05) is 11.8 Å². The minimum absolute atomic E-state index is 0.0353. The summed E-state index contributed by atoms with van der Waals surface area (Å²) in [6.07, 6.45) is 24.4. The molecule has 0 aromatic carbocycles. The van der Waals surface area contributed by atoms with Gasteiger partial charge < -0.3 is 10.2 Å². The summed E-state index contributed by atoms with van der Waals surface area (Å²) in [5.41, 5.74) is -1.33. The number of allylic oxidation sites excluding steroid dienone is 8. The average molecular weight is 383 g/mol. The van der Waals surface area contributed by atoms with E-state index >= 15 is 0 Å². The molecule has 4 rings (SSSR count). The van der Waals surface area contributed by atoms with E-state index in [-0.39, 0.29) is 17.6 Å². The van der Waals surface area contributed by atoms with Crippen LogP contribution in [0.2, 0.25) is 0 Å². The zero-order valence-corrected chi connectivity index (χ0v) is 16.8. The molecule has 0 spiro atoms. The Balaban J connectivity index is 1.77. The molecule has 3 nitrogen and oxygen atoms in total. The van der Waals surface area contributed by atoms with Gasteiger partial charge >= 0.3 is 0 Å². The predicted octanol–water partition coefficient (Wildman–Crippen LogP) is 4.66. The molecule has 4 aliphatic carbocycles. The van der Waals surface area contributed by atoms with Crippen LogP contribution >= 0.6 is 0 Å². The number of hydrogen-bond acceptors (Lipinski definition) is 3. The SMILES string of the molecule is O=C(C1(C2CCCCC2O)C=CC=CC1)C1(C2CCCCC2O)C=CC=CC1. The minimum atomic E-state index is -0.665. The summed E-state index contributed by atoms with van der Waals surface area (Å²) < 4.78 is 0. The maximum Gasteiger partial charge on any atom is 0.154 e. The Bertz CT molecular complexity index is 645. The molecule has 6 unspecified atom stereocenters. The minimum Gasteiger partial charge on any atom is -0.393 e. The number of hydrogen-bond donors (Lipinski definition) is 2. The van der Waals surface area contributed by atoms with Crippen LogP contribution in [0, 0.1) is 22.7 Å². The lowest BCUT2D eigenvalue weighted by Crippen LogP contribution is -2.55. The van der Waals surface area contributed by atoms with Crippen molar-refractivity contribution in [3.05, 3.63) is 48.6 Å². The Kier molecular flexibility index (Phi) is 5.76. The molecule has 0 amide bonds. The molecule has 0 heterocycles. The maximum atomic E-state index is 14.5. The molecule has 152 valence electrons. The first kappa shape index (κ1) is 19.8. The smallest absolute Gasteiger partial charge is 0.154 e. The van der Waals surface area contributed by atoms with Gasteiger partial charge in [0.15, 0.2) is 5.78 Å². The lowest BCUT2D eigenvalue weighted by molar-refractivity contribution is -0.147. The third-order valence-corrected chi connectivity index (χ3v) is 7.82. The number of rotatable bonds is 4. The van der Waals surface area contributed by atoms with Gasteiger partial charge in [0.05, 0.1) is 23.0 Å². The Labute approximate surface area is 168 Å². The van der Waals surface area contributed by atoms with E-state index in [0.29, 0.717) is 12.8 Å². The quantitative estimate of drug-likeness (QED) is 0.743. The first-order valence-corrected chi connectivity index (χ1v) is 11.2. The van der Waals surface area contributed by atoms with Gasteiger partial charge in [-0.25, -0.2) is 0 Å². The number of Topliss-reactive ketones (excluding diaryl/α,β-unsaturated/α-hetero) is 1. The fourth-order valence-electron chi connectivity index (χ4n) is 6.35. The number of aliphatic hydroxyl groups excluding tert-OH is 2. The molecule has 3 heteroatoms. The summed E-state index contributed by atoms with van der Waals surface area (Å²) in [5.74, 6) is 0.150. The zero-order valence-electron chi connectivity index (χ0n) is 16.8. The summed E-state index contributed by atoms with van der Waals surface area (Å²) in [7, 11) is 0. The summed E-state index contributed by atoms with van der Waals surface area (Å²) in [6, 6.07) is 0. The van der Waals surface area contributed by atoms with Crippen LogP contribution in [0.15, 0.2) is 48.6 Å². The third-order valence-electron chi connectivity index (χ3n) is 7.82. The monoisotopic (exact) mass is 382 g/mol. The second kappa shape index (κ2) is 8.12. The predicted molar refractivity (Wildman–Crippen MR) is 112 cm³/mol. The molecule has 2 fully saturated rings. The summed E-state index contributed by atoms with van der Waals surface area (Å²) in [5, 5.41) is 21.8. The van der Waals surface area contributed by atoms with Crippen molar-refractivity contribution in [2.45, 2.75) is 76.4 Å². The van der Waals surface area contributed by atoms with Crippen molar-refractivity contribution < 1.29 is 15.0 Å². The highest BCUT2D eigenvalue weighted by atomic mass is 16.3. The van der Waals surface area contributed by atoms with E-state index < -0.39 is 23.0 Å². The number of aliphatic hydroxyl groups is 2. The van der Waals surface area contributed by atoms with Gasteiger partial charge in [-0.05, 0) is 38.5 Å². The third kappa shape index (κ3) is 3.27. The summed E-state index contributed by atoms with van der Waals surface area (Å²) >= 11 is 0. The molecular weight excluding hydrogens is 348 g/mol. The van der Waals surface area contributed by atoms with Gasteiger partial charge in [-0.1, -0.05) is 74.3 Å². The van der Waals surface area contributed by atoms with Gasteiger partial charge in [0.25, 0.3) is 0 Å². The Morgan fingerprint density at radius 2 is 1.11 bits per heavy atom. The fourth-order valence-corrected chi connectivity index (χ4v) is 6.35. The van der Waals surface area contributed by atoms with E-state index in [4.69, 9.17) is 0 Å². The first-order valence-electron chi connectivity index (χ1n) is 11.2. The second-order valence-corrected chi connectivity index (χ2v) is 9.31. The molecule has 0 bridgehead atoms. The number of carbonyl (C=O) groups excluding carboxylic acids is 1. The summed E-state index contributed by atoms with van der Waals surface area (Å²) in [4.78, 5) is 14.5. The van der Waals surface area contributed by atoms with Crippen LogP contribution in [-0.4, -0.2) is 28.2 Å². The lowest BCUT2D eigenvalue weighted by Gasteiger charge is -2.51. The standard InChI is InChI=1S/C25H34O3/c26-21-13-5-3-11-19(21)24(15-7-1-8-16-24)23(28)25(17-9-2-10-18-25)20-12-4-6-14-22(20)27/h1-2,7-10,15,17,19-22,26-27H,3-6,11-14,16,18H2. The first-order chi connectivity index (χ1) is 13.6. The largest absolute Gasteiger partial charge is 0.393 e. The van der Waals surface area contributed by atoms with Crippen LogP contribution in [0.25, 0.3) is 0 Å². The fraction of sp³-hybridized carbons (Fsp3) is 0.640. The molecule has 0 radical (unpaired) electrons. The van der Waals surface area contributed by atoms with Crippen LogP contribution < -0.4 is 0 Å². The molecule has 2 saturated carbocycles. The Morgan fingerprint density at radius 1 is 0.679 bits per heavy atom. The van der Waals surface area contributed by atoms with Gasteiger partial charge in [-0.2, -0.15) is 0 Å². The number of carbonyl (C=O) groups is 1. The van der Waals surface area contributed by atoms with Gasteiger partial charge in [-0.3, -0.25) is 4.79 Å². The van der Waals surface area contributed by atoms with E-state index in [1.165, 1.54) is 0 Å². The van der Waals surface area contributed by atoms with E-state index in [1.807, 2.05) is 24.3 Å². The molecular formula is C25H34O3. The number of ketones is 1. The van der Waals surface area contributed by atoms with Crippen LogP contribution in [0.1, 0.15) is 64.2 Å². The second-order valence-electron chi connectivity index (χ2n) is 9.31. The van der Waals surface area contributed by atoms with E-state index in [9.17, 15) is 15.0 Å². The summed E-state index contributed by atoms with van der Waals surface area (Å²) in [6.45, 7) is 0. The van der Waals surface area contributed by atoms with Crippen LogP contribution in [-0.2, 0) is 4.79 Å². The highest BCUT2D eigenvalue weighted by Gasteiger charge is 2.56. The molecule has 2 N–H and O–H groups in total. The molecule has 0 aromatic heterocycles. The molecule has 6 atom stereocenters. The van der Waals surface area contributed by atoms with Crippen molar-refractivity contribution in [3.8, 4) is 0 Å². The molecule has 0 aromatic rings. The van der Waals surface area contributed by atoms with Crippen molar-refractivity contribution in [2.24, 2.45) is 22.7 Å². The van der Waals surface area contributed by atoms with E-state index in [2.05, 4.69) is 24.3 Å². The van der Waals surface area contributed by atoms with Crippen molar-refractivity contribution in [1.82, 2.24) is 0 Å². The van der Waals surface area contributed by atoms with Crippen molar-refractivity contribution in [2.75, 3.05) is 0 Å². The molecule has 28 heavy (non-hydrogen) atoms. The molecule has 0 saturated heterocycles. The topological polar surface area (TPSA) is 57.5 Å². The van der Waals surface area contributed by atoms with Crippen molar-refractivity contribution in [1.29, 1.82) is 0 Å². The van der Waals surface area contributed by atoms with Crippen LogP contribution in [0.3, 0.4) is 0 Å². The highest BCUT2D eigenvalue weighted by molar-refractivity contribution is 5.95. The zero-order chi connectivity index (χ0) is 19.6. The van der Waals surface area contributed by atoms with Crippen molar-refractivity contribution >= 4 is 5.78 Å². The van der Waals surface area contributed by atoms with Gasteiger partial charge in [0.2, 0.25) is 0 Å². The Morgan fingerprint density at radius 3 is 1.46 bits per heavy atom. The molecule has 0 aliphatic heterocycles. The van der Waals surface area contributed by atoms with Gasteiger partial charge in [-0.15, -0.1) is 0 Å². The van der Waals surface area contributed by atoms with Gasteiger partial charge in [0.1, 0.15) is 0 Å². The van der Waals surface area contributed by atoms with E-state index in [1.54, 1.807) is 0 Å².